The Hall–Kier alpha value is -1.27. The summed E-state index contributed by atoms with van der Waals surface area (Å²) in [5.41, 5.74) is 0.162. The number of sulfonamides is 1. The summed E-state index contributed by atoms with van der Waals surface area (Å²) in [6.07, 6.45) is 8.20. The lowest BCUT2D eigenvalue weighted by Gasteiger charge is -2.32. The minimum absolute atomic E-state index is 0.0693. The monoisotopic (exact) mass is 353 g/mol. The van der Waals surface area contributed by atoms with Crippen molar-refractivity contribution in [2.75, 3.05) is 26.5 Å². The first kappa shape index (κ1) is 17.5. The number of methoxy groups -OCH3 is 1. The average molecular weight is 353 g/mol. The van der Waals surface area contributed by atoms with Gasteiger partial charge in [-0.05, 0) is 48.9 Å². The number of benzene rings is 1. The summed E-state index contributed by atoms with van der Waals surface area (Å²) in [5, 5.41) is 0. The van der Waals surface area contributed by atoms with Crippen LogP contribution in [0.3, 0.4) is 0 Å². The molecule has 1 aliphatic heterocycles. The second-order valence-electron chi connectivity index (χ2n) is 7.21. The fourth-order valence-corrected chi connectivity index (χ4v) is 5.37. The van der Waals surface area contributed by atoms with E-state index in [1.165, 1.54) is 25.5 Å². The van der Waals surface area contributed by atoms with Gasteiger partial charge in [0, 0.05) is 6.54 Å². The third-order valence-corrected chi connectivity index (χ3v) is 6.69. The van der Waals surface area contributed by atoms with Gasteiger partial charge in [-0.1, -0.05) is 19.3 Å². The highest BCUT2D eigenvalue weighted by Crippen LogP contribution is 2.47. The summed E-state index contributed by atoms with van der Waals surface area (Å²) < 4.78 is 37.1. The van der Waals surface area contributed by atoms with Crippen LogP contribution in [0.15, 0.2) is 24.3 Å². The molecule has 3 rings (SSSR count). The zero-order chi connectivity index (χ0) is 17.2. The predicted octanol–water partition coefficient (Wildman–Crippen LogP) is 3.06. The highest BCUT2D eigenvalue weighted by atomic mass is 32.2. The van der Waals surface area contributed by atoms with Gasteiger partial charge in [0.1, 0.15) is 18.1 Å². The molecule has 2 fully saturated rings. The molecule has 1 heterocycles. The van der Waals surface area contributed by atoms with Crippen LogP contribution in [0.4, 0.5) is 0 Å². The van der Waals surface area contributed by atoms with Gasteiger partial charge in [0.25, 0.3) is 0 Å². The number of rotatable bonds is 5. The maximum atomic E-state index is 12.2. The van der Waals surface area contributed by atoms with Crippen LogP contribution in [0.25, 0.3) is 0 Å². The molecule has 5 nitrogen and oxygen atoms in total. The SMILES string of the molecule is COc1ccc(OCC2CC3(CCCCC3)CN2S(C)(=O)=O)cc1. The van der Waals surface area contributed by atoms with Crippen molar-refractivity contribution in [3.8, 4) is 11.5 Å². The lowest BCUT2D eigenvalue weighted by atomic mass is 9.73. The predicted molar refractivity (Wildman–Crippen MR) is 94.0 cm³/mol. The molecule has 1 unspecified atom stereocenters. The molecule has 134 valence electrons. The lowest BCUT2D eigenvalue weighted by Crippen LogP contribution is -2.39. The highest BCUT2D eigenvalue weighted by Gasteiger charge is 2.47. The van der Waals surface area contributed by atoms with E-state index in [4.69, 9.17) is 9.47 Å². The maximum Gasteiger partial charge on any atom is 0.211 e. The smallest absolute Gasteiger partial charge is 0.211 e. The van der Waals surface area contributed by atoms with Crippen molar-refractivity contribution in [2.45, 2.75) is 44.6 Å². The first-order chi connectivity index (χ1) is 11.4. The van der Waals surface area contributed by atoms with Crippen molar-refractivity contribution in [3.63, 3.8) is 0 Å². The third-order valence-electron chi connectivity index (χ3n) is 5.41. The summed E-state index contributed by atoms with van der Waals surface area (Å²) in [4.78, 5) is 0. The molecule has 1 aliphatic carbocycles. The van der Waals surface area contributed by atoms with Crippen LogP contribution < -0.4 is 9.47 Å². The number of hydrogen-bond acceptors (Lipinski definition) is 4. The average Bonchev–Trinajstić information content (AvgIpc) is 2.92. The van der Waals surface area contributed by atoms with Gasteiger partial charge in [-0.25, -0.2) is 8.42 Å². The van der Waals surface area contributed by atoms with Crippen LogP contribution >= 0.6 is 0 Å². The fourth-order valence-electron chi connectivity index (χ4n) is 4.18. The topological polar surface area (TPSA) is 55.8 Å². The van der Waals surface area contributed by atoms with Crippen LogP contribution in [0.2, 0.25) is 0 Å². The minimum atomic E-state index is -3.21. The quantitative estimate of drug-likeness (QED) is 0.816. The Bertz CT molecular complexity index is 650. The van der Waals surface area contributed by atoms with Crippen molar-refractivity contribution in [1.82, 2.24) is 4.31 Å². The largest absolute Gasteiger partial charge is 0.497 e. The fraction of sp³-hybridized carbons (Fsp3) is 0.667. The molecule has 1 spiro atoms. The number of ether oxygens (including phenoxy) is 2. The van der Waals surface area contributed by atoms with E-state index >= 15 is 0 Å². The van der Waals surface area contributed by atoms with E-state index in [1.54, 1.807) is 11.4 Å². The summed E-state index contributed by atoms with van der Waals surface area (Å²) >= 11 is 0. The second kappa shape index (κ2) is 6.92. The Labute approximate surface area is 145 Å². The van der Waals surface area contributed by atoms with Gasteiger partial charge in [-0.15, -0.1) is 0 Å². The standard InChI is InChI=1S/C18H27NO4S/c1-22-16-6-8-17(9-7-16)23-13-15-12-18(10-4-3-5-11-18)14-19(15)24(2,20)21/h6-9,15H,3-5,10-14H2,1-2H3. The van der Waals surface area contributed by atoms with Crippen LogP contribution in [0.1, 0.15) is 38.5 Å². The Morgan fingerprint density at radius 3 is 2.33 bits per heavy atom. The normalized spacial score (nSPS) is 24.2. The van der Waals surface area contributed by atoms with Crippen molar-refractivity contribution in [1.29, 1.82) is 0 Å². The molecule has 0 amide bonds. The molecule has 0 radical (unpaired) electrons. The molecular weight excluding hydrogens is 326 g/mol. The molecule has 2 aliphatic rings. The molecule has 0 bridgehead atoms. The van der Waals surface area contributed by atoms with E-state index in [2.05, 4.69) is 0 Å². The van der Waals surface area contributed by atoms with Crippen LogP contribution in [-0.4, -0.2) is 45.3 Å². The highest BCUT2D eigenvalue weighted by molar-refractivity contribution is 7.88. The van der Waals surface area contributed by atoms with Gasteiger partial charge in [0.15, 0.2) is 0 Å². The number of nitrogens with zero attached hydrogens (tertiary/aromatic N) is 1. The number of hydrogen-bond donors (Lipinski definition) is 0. The molecule has 24 heavy (non-hydrogen) atoms. The summed E-state index contributed by atoms with van der Waals surface area (Å²) in [6.45, 7) is 1.06. The van der Waals surface area contributed by atoms with Crippen molar-refractivity contribution >= 4 is 10.0 Å². The Morgan fingerprint density at radius 2 is 1.75 bits per heavy atom. The second-order valence-corrected chi connectivity index (χ2v) is 9.15. The Balaban J connectivity index is 1.69. The van der Waals surface area contributed by atoms with E-state index < -0.39 is 10.0 Å². The molecule has 1 saturated carbocycles. The third kappa shape index (κ3) is 3.86. The molecule has 0 N–H and O–H groups in total. The zero-order valence-electron chi connectivity index (χ0n) is 14.5. The van der Waals surface area contributed by atoms with E-state index in [-0.39, 0.29) is 11.5 Å². The van der Waals surface area contributed by atoms with Crippen LogP contribution in [0.5, 0.6) is 11.5 Å². The molecule has 1 saturated heterocycles. The summed E-state index contributed by atoms with van der Waals surface area (Å²) in [6, 6.07) is 7.34. The van der Waals surface area contributed by atoms with Gasteiger partial charge in [0.05, 0.1) is 19.4 Å². The minimum Gasteiger partial charge on any atom is -0.497 e. The molecular formula is C18H27NO4S. The van der Waals surface area contributed by atoms with Crippen LogP contribution in [-0.2, 0) is 10.0 Å². The molecule has 1 atom stereocenters. The summed E-state index contributed by atoms with van der Waals surface area (Å²) in [5.74, 6) is 1.52. The molecule has 1 aromatic carbocycles. The van der Waals surface area contributed by atoms with Gasteiger partial charge in [0.2, 0.25) is 10.0 Å². The van der Waals surface area contributed by atoms with Crippen molar-refractivity contribution in [2.24, 2.45) is 5.41 Å². The van der Waals surface area contributed by atoms with Crippen molar-refractivity contribution in [3.05, 3.63) is 24.3 Å². The van der Waals surface area contributed by atoms with Gasteiger partial charge in [-0.2, -0.15) is 4.31 Å². The van der Waals surface area contributed by atoms with Crippen molar-refractivity contribution < 1.29 is 17.9 Å². The first-order valence-electron chi connectivity index (χ1n) is 8.66. The van der Waals surface area contributed by atoms with Gasteiger partial charge < -0.3 is 9.47 Å². The van der Waals surface area contributed by atoms with E-state index in [9.17, 15) is 8.42 Å². The van der Waals surface area contributed by atoms with E-state index in [0.29, 0.717) is 13.2 Å². The van der Waals surface area contributed by atoms with E-state index in [1.807, 2.05) is 24.3 Å². The van der Waals surface area contributed by atoms with E-state index in [0.717, 1.165) is 30.8 Å². The first-order valence-corrected chi connectivity index (χ1v) is 10.5. The summed E-state index contributed by atoms with van der Waals surface area (Å²) in [7, 11) is -1.58. The van der Waals surface area contributed by atoms with Crippen LogP contribution in [0, 0.1) is 5.41 Å². The van der Waals surface area contributed by atoms with Gasteiger partial charge >= 0.3 is 0 Å². The van der Waals surface area contributed by atoms with Gasteiger partial charge in [-0.3, -0.25) is 0 Å². The maximum absolute atomic E-state index is 12.2. The molecule has 6 heteroatoms. The Kier molecular flexibility index (Phi) is 5.06. The molecule has 0 aromatic heterocycles. The zero-order valence-corrected chi connectivity index (χ0v) is 15.3. The molecule has 1 aromatic rings. The lowest BCUT2D eigenvalue weighted by molar-refractivity contribution is 0.200. The Morgan fingerprint density at radius 1 is 1.12 bits per heavy atom.